The Morgan fingerprint density at radius 2 is 2.24 bits per heavy atom. The molecule has 0 N–H and O–H groups in total. The molecule has 134 valence electrons. The van der Waals surface area contributed by atoms with Gasteiger partial charge in [-0.1, -0.05) is 0 Å². The molecule has 6 nitrogen and oxygen atoms in total. The molecule has 2 aliphatic rings. The van der Waals surface area contributed by atoms with Gasteiger partial charge in [-0.25, -0.2) is 4.98 Å². The molecule has 6 heteroatoms. The van der Waals surface area contributed by atoms with Crippen LogP contribution in [0.3, 0.4) is 0 Å². The molecule has 0 bridgehead atoms. The Morgan fingerprint density at radius 1 is 1.40 bits per heavy atom. The standard InChI is InChI=1S/C19H25N3O3/c1-13-5-10-25-17(13)19(23)21-7-8-22-16(11-20-18(22)14(21)2)6-9-24-12-15-3-4-15/h5,10-11,14-15H,3-4,6-9,12H2,1-2H3. The van der Waals surface area contributed by atoms with Crippen LogP contribution < -0.4 is 0 Å². The quantitative estimate of drug-likeness (QED) is 0.757. The van der Waals surface area contributed by atoms with E-state index in [1.807, 2.05) is 31.0 Å². The van der Waals surface area contributed by atoms with Gasteiger partial charge in [0.1, 0.15) is 5.82 Å². The van der Waals surface area contributed by atoms with Crippen molar-refractivity contribution in [3.63, 3.8) is 0 Å². The summed E-state index contributed by atoms with van der Waals surface area (Å²) in [4.78, 5) is 19.2. The van der Waals surface area contributed by atoms with Crippen LogP contribution in [0.25, 0.3) is 0 Å². The predicted molar refractivity (Wildman–Crippen MR) is 92.4 cm³/mol. The zero-order valence-corrected chi connectivity index (χ0v) is 14.9. The topological polar surface area (TPSA) is 60.5 Å². The lowest BCUT2D eigenvalue weighted by atomic mass is 10.1. The molecule has 1 aliphatic carbocycles. The lowest BCUT2D eigenvalue weighted by molar-refractivity contribution is 0.0601. The molecule has 25 heavy (non-hydrogen) atoms. The van der Waals surface area contributed by atoms with Gasteiger partial charge in [-0.3, -0.25) is 4.79 Å². The fourth-order valence-corrected chi connectivity index (χ4v) is 3.47. The molecule has 1 amide bonds. The molecule has 1 aliphatic heterocycles. The largest absolute Gasteiger partial charge is 0.459 e. The second-order valence-electron chi connectivity index (χ2n) is 7.13. The number of hydrogen-bond acceptors (Lipinski definition) is 4. The zero-order chi connectivity index (χ0) is 17.4. The highest BCUT2D eigenvalue weighted by Crippen LogP contribution is 2.29. The SMILES string of the molecule is Cc1ccoc1C(=O)N1CCn2c(CCOCC3CC3)cnc2C1C. The van der Waals surface area contributed by atoms with Crippen molar-refractivity contribution < 1.29 is 13.9 Å². The minimum absolute atomic E-state index is 0.0569. The van der Waals surface area contributed by atoms with Crippen molar-refractivity contribution in [3.05, 3.63) is 41.4 Å². The van der Waals surface area contributed by atoms with Crippen molar-refractivity contribution in [1.82, 2.24) is 14.5 Å². The van der Waals surface area contributed by atoms with Gasteiger partial charge in [0.15, 0.2) is 5.76 Å². The average Bonchev–Trinajstić information content (AvgIpc) is 3.18. The first kappa shape index (κ1) is 16.4. The van der Waals surface area contributed by atoms with Gasteiger partial charge in [0, 0.05) is 43.6 Å². The molecule has 1 fully saturated rings. The molecule has 2 aromatic heterocycles. The second-order valence-corrected chi connectivity index (χ2v) is 7.13. The Hall–Kier alpha value is -2.08. The smallest absolute Gasteiger partial charge is 0.290 e. The van der Waals surface area contributed by atoms with Gasteiger partial charge < -0.3 is 18.6 Å². The third-order valence-corrected chi connectivity index (χ3v) is 5.24. The average molecular weight is 343 g/mol. The monoisotopic (exact) mass is 343 g/mol. The van der Waals surface area contributed by atoms with E-state index < -0.39 is 0 Å². The third-order valence-electron chi connectivity index (χ3n) is 5.24. The minimum Gasteiger partial charge on any atom is -0.459 e. The van der Waals surface area contributed by atoms with Crippen LogP contribution in [0.15, 0.2) is 22.9 Å². The highest BCUT2D eigenvalue weighted by Gasteiger charge is 2.32. The Morgan fingerprint density at radius 3 is 2.96 bits per heavy atom. The molecular formula is C19H25N3O3. The van der Waals surface area contributed by atoms with Crippen LogP contribution in [0.4, 0.5) is 0 Å². The number of amides is 1. The van der Waals surface area contributed by atoms with E-state index in [0.717, 1.165) is 43.5 Å². The van der Waals surface area contributed by atoms with Crippen LogP contribution in [-0.2, 0) is 17.7 Å². The van der Waals surface area contributed by atoms with E-state index in [0.29, 0.717) is 12.3 Å². The van der Waals surface area contributed by atoms with Crippen molar-refractivity contribution in [2.45, 2.75) is 45.7 Å². The predicted octanol–water partition coefficient (Wildman–Crippen LogP) is 2.97. The summed E-state index contributed by atoms with van der Waals surface area (Å²) in [5, 5.41) is 0. The summed E-state index contributed by atoms with van der Waals surface area (Å²) in [5.41, 5.74) is 2.07. The molecule has 3 heterocycles. The molecule has 4 rings (SSSR count). The van der Waals surface area contributed by atoms with E-state index in [2.05, 4.69) is 9.55 Å². The number of ether oxygens (including phenoxy) is 1. The molecule has 0 saturated heterocycles. The van der Waals surface area contributed by atoms with Crippen molar-refractivity contribution in [2.24, 2.45) is 5.92 Å². The number of carbonyl (C=O) groups is 1. The molecule has 0 radical (unpaired) electrons. The van der Waals surface area contributed by atoms with Crippen LogP contribution in [0.5, 0.6) is 0 Å². The summed E-state index contributed by atoms with van der Waals surface area (Å²) in [7, 11) is 0. The normalized spacial score (nSPS) is 19.9. The first-order valence-electron chi connectivity index (χ1n) is 9.12. The Labute approximate surface area is 147 Å². The Balaban J connectivity index is 1.43. The summed E-state index contributed by atoms with van der Waals surface area (Å²) in [5.74, 6) is 2.11. The minimum atomic E-state index is -0.0631. The first-order valence-corrected chi connectivity index (χ1v) is 9.12. The van der Waals surface area contributed by atoms with Crippen LogP contribution in [0.2, 0.25) is 0 Å². The fraction of sp³-hybridized carbons (Fsp3) is 0.579. The number of hydrogen-bond donors (Lipinski definition) is 0. The highest BCUT2D eigenvalue weighted by molar-refractivity contribution is 5.93. The van der Waals surface area contributed by atoms with Crippen molar-refractivity contribution in [3.8, 4) is 0 Å². The molecule has 0 spiro atoms. The fourth-order valence-electron chi connectivity index (χ4n) is 3.47. The zero-order valence-electron chi connectivity index (χ0n) is 14.9. The molecule has 1 atom stereocenters. The third kappa shape index (κ3) is 3.23. The first-order chi connectivity index (χ1) is 12.1. The summed E-state index contributed by atoms with van der Waals surface area (Å²) in [6, 6.07) is 1.76. The maximum atomic E-state index is 12.8. The summed E-state index contributed by atoms with van der Waals surface area (Å²) < 4.78 is 13.4. The van der Waals surface area contributed by atoms with Crippen molar-refractivity contribution in [2.75, 3.05) is 19.8 Å². The van der Waals surface area contributed by atoms with Gasteiger partial charge in [0.05, 0.1) is 18.9 Å². The maximum absolute atomic E-state index is 12.8. The van der Waals surface area contributed by atoms with E-state index in [1.165, 1.54) is 18.5 Å². The van der Waals surface area contributed by atoms with E-state index in [9.17, 15) is 4.79 Å². The van der Waals surface area contributed by atoms with Gasteiger partial charge in [-0.05, 0) is 38.7 Å². The second kappa shape index (κ2) is 6.67. The number of aromatic nitrogens is 2. The van der Waals surface area contributed by atoms with E-state index in [1.54, 1.807) is 6.26 Å². The van der Waals surface area contributed by atoms with Crippen LogP contribution in [-0.4, -0.2) is 40.1 Å². The van der Waals surface area contributed by atoms with Crippen LogP contribution in [0, 0.1) is 12.8 Å². The molecule has 1 saturated carbocycles. The number of nitrogens with zero attached hydrogens (tertiary/aromatic N) is 3. The summed E-state index contributed by atoms with van der Waals surface area (Å²) >= 11 is 0. The number of carbonyl (C=O) groups excluding carboxylic acids is 1. The number of furan rings is 1. The van der Waals surface area contributed by atoms with Gasteiger partial charge >= 0.3 is 0 Å². The number of imidazole rings is 1. The van der Waals surface area contributed by atoms with E-state index in [4.69, 9.17) is 9.15 Å². The van der Waals surface area contributed by atoms with Crippen molar-refractivity contribution in [1.29, 1.82) is 0 Å². The number of rotatable bonds is 6. The summed E-state index contributed by atoms with van der Waals surface area (Å²) in [6.07, 6.45) is 7.01. The molecule has 0 aromatic carbocycles. The van der Waals surface area contributed by atoms with Gasteiger partial charge in [-0.2, -0.15) is 0 Å². The molecule has 2 aromatic rings. The lowest BCUT2D eigenvalue weighted by Gasteiger charge is -2.34. The molecule has 1 unspecified atom stereocenters. The lowest BCUT2D eigenvalue weighted by Crippen LogP contribution is -2.41. The van der Waals surface area contributed by atoms with Gasteiger partial charge in [0.2, 0.25) is 0 Å². The maximum Gasteiger partial charge on any atom is 0.290 e. The summed E-state index contributed by atoms with van der Waals surface area (Å²) in [6.45, 7) is 6.99. The Bertz CT molecular complexity index is 760. The molecular weight excluding hydrogens is 318 g/mol. The number of aryl methyl sites for hydroxylation is 1. The van der Waals surface area contributed by atoms with Gasteiger partial charge in [0.25, 0.3) is 5.91 Å². The Kier molecular flexibility index (Phi) is 4.37. The van der Waals surface area contributed by atoms with Crippen LogP contribution in [0.1, 0.15) is 53.4 Å². The van der Waals surface area contributed by atoms with Gasteiger partial charge in [-0.15, -0.1) is 0 Å². The van der Waals surface area contributed by atoms with E-state index in [-0.39, 0.29) is 11.9 Å². The number of fused-ring (bicyclic) bond motifs is 1. The van der Waals surface area contributed by atoms with Crippen LogP contribution >= 0.6 is 0 Å². The van der Waals surface area contributed by atoms with E-state index >= 15 is 0 Å². The van der Waals surface area contributed by atoms with Crippen molar-refractivity contribution >= 4 is 5.91 Å². The highest BCUT2D eigenvalue weighted by atomic mass is 16.5.